The van der Waals surface area contributed by atoms with Gasteiger partial charge in [0.15, 0.2) is 11.5 Å². The maximum Gasteiger partial charge on any atom is 0.259 e. The SMILES string of the molecule is COc1cccc(C=NNC(=O)CNC(=O)C23CC4CC(CC(C4)C2)C3)c1OC. The number of para-hydroxylation sites is 1. The second-order valence-corrected chi connectivity index (χ2v) is 8.76. The third-order valence-electron chi connectivity index (χ3n) is 6.76. The number of rotatable bonds is 7. The van der Waals surface area contributed by atoms with Crippen molar-refractivity contribution in [2.45, 2.75) is 38.5 Å². The summed E-state index contributed by atoms with van der Waals surface area (Å²) in [5.41, 5.74) is 2.91. The fourth-order valence-corrected chi connectivity index (χ4v) is 5.96. The van der Waals surface area contributed by atoms with E-state index < -0.39 is 0 Å². The number of carbonyl (C=O) groups excluding carboxylic acids is 2. The van der Waals surface area contributed by atoms with E-state index in [0.717, 1.165) is 19.3 Å². The number of hydrazone groups is 1. The number of benzene rings is 1. The number of amides is 2. The molecule has 7 heteroatoms. The molecule has 4 aliphatic carbocycles. The highest BCUT2D eigenvalue weighted by molar-refractivity contribution is 5.89. The average molecular weight is 399 g/mol. The van der Waals surface area contributed by atoms with E-state index in [0.29, 0.717) is 34.8 Å². The van der Waals surface area contributed by atoms with Crippen LogP contribution in [-0.2, 0) is 9.59 Å². The normalized spacial score (nSPS) is 29.7. The number of ether oxygens (including phenoxy) is 2. The van der Waals surface area contributed by atoms with Crippen LogP contribution < -0.4 is 20.2 Å². The number of hydrogen-bond donors (Lipinski definition) is 2. The lowest BCUT2D eigenvalue weighted by atomic mass is 9.49. The van der Waals surface area contributed by atoms with Gasteiger partial charge in [-0.05, 0) is 68.4 Å². The van der Waals surface area contributed by atoms with Crippen molar-refractivity contribution in [2.24, 2.45) is 28.3 Å². The first-order chi connectivity index (χ1) is 14.0. The molecular formula is C22H29N3O4. The lowest BCUT2D eigenvalue weighted by molar-refractivity contribution is -0.147. The number of nitrogens with one attached hydrogen (secondary N) is 2. The zero-order valence-corrected chi connectivity index (χ0v) is 17.1. The Labute approximate surface area is 171 Å². The highest BCUT2D eigenvalue weighted by Gasteiger charge is 2.54. The third kappa shape index (κ3) is 3.95. The summed E-state index contributed by atoms with van der Waals surface area (Å²) in [6.45, 7) is -0.0623. The predicted molar refractivity (Wildman–Crippen MR) is 109 cm³/mol. The van der Waals surface area contributed by atoms with Crippen LogP contribution >= 0.6 is 0 Å². The number of carbonyl (C=O) groups is 2. The van der Waals surface area contributed by atoms with E-state index in [1.165, 1.54) is 25.5 Å². The van der Waals surface area contributed by atoms with Gasteiger partial charge < -0.3 is 14.8 Å². The maximum absolute atomic E-state index is 12.9. The molecule has 0 unspecified atom stereocenters. The smallest absolute Gasteiger partial charge is 0.259 e. The molecule has 2 N–H and O–H groups in total. The highest BCUT2D eigenvalue weighted by atomic mass is 16.5. The van der Waals surface area contributed by atoms with Crippen molar-refractivity contribution in [3.63, 3.8) is 0 Å². The zero-order chi connectivity index (χ0) is 20.4. The first-order valence-corrected chi connectivity index (χ1v) is 10.3. The van der Waals surface area contributed by atoms with Crippen molar-refractivity contribution >= 4 is 18.0 Å². The Balaban J connectivity index is 1.30. The number of hydrogen-bond acceptors (Lipinski definition) is 5. The molecule has 4 aliphatic rings. The molecule has 29 heavy (non-hydrogen) atoms. The van der Waals surface area contributed by atoms with Gasteiger partial charge in [0.05, 0.1) is 27.0 Å². The third-order valence-corrected chi connectivity index (χ3v) is 6.76. The summed E-state index contributed by atoms with van der Waals surface area (Å²) >= 11 is 0. The summed E-state index contributed by atoms with van der Waals surface area (Å²) in [5, 5.41) is 6.84. The average Bonchev–Trinajstić information content (AvgIpc) is 2.70. The van der Waals surface area contributed by atoms with Crippen molar-refractivity contribution in [3.8, 4) is 11.5 Å². The Morgan fingerprint density at radius 3 is 2.34 bits per heavy atom. The van der Waals surface area contributed by atoms with Gasteiger partial charge in [0.2, 0.25) is 5.91 Å². The van der Waals surface area contributed by atoms with E-state index in [9.17, 15) is 9.59 Å². The Hall–Kier alpha value is -2.57. The van der Waals surface area contributed by atoms with E-state index >= 15 is 0 Å². The van der Waals surface area contributed by atoms with E-state index in [1.807, 2.05) is 12.1 Å². The summed E-state index contributed by atoms with van der Waals surface area (Å²) in [6, 6.07) is 5.41. The molecule has 2 amide bonds. The topological polar surface area (TPSA) is 89.0 Å². The monoisotopic (exact) mass is 399 g/mol. The molecule has 1 aromatic rings. The lowest BCUT2D eigenvalue weighted by Gasteiger charge is -2.55. The molecule has 0 heterocycles. The van der Waals surface area contributed by atoms with Gasteiger partial charge in [0, 0.05) is 11.0 Å². The van der Waals surface area contributed by atoms with Gasteiger partial charge in [-0.1, -0.05) is 6.07 Å². The molecule has 4 bridgehead atoms. The summed E-state index contributed by atoms with van der Waals surface area (Å²) in [6.07, 6.45) is 8.32. The quantitative estimate of drug-likeness (QED) is 0.545. The van der Waals surface area contributed by atoms with Gasteiger partial charge in [0.1, 0.15) is 0 Å². The van der Waals surface area contributed by atoms with Crippen LogP contribution in [0, 0.1) is 23.2 Å². The van der Waals surface area contributed by atoms with E-state index in [4.69, 9.17) is 9.47 Å². The summed E-state index contributed by atoms with van der Waals surface area (Å²) in [4.78, 5) is 25.0. The molecule has 0 atom stereocenters. The zero-order valence-electron chi connectivity index (χ0n) is 17.1. The van der Waals surface area contributed by atoms with Crippen molar-refractivity contribution in [2.75, 3.05) is 20.8 Å². The summed E-state index contributed by atoms with van der Waals surface area (Å²) in [7, 11) is 3.11. The minimum atomic E-state index is -0.346. The Morgan fingerprint density at radius 2 is 1.76 bits per heavy atom. The van der Waals surface area contributed by atoms with Crippen molar-refractivity contribution < 1.29 is 19.1 Å². The molecule has 4 saturated carbocycles. The lowest BCUT2D eigenvalue weighted by Crippen LogP contribution is -2.54. The van der Waals surface area contributed by atoms with Crippen molar-refractivity contribution in [1.82, 2.24) is 10.7 Å². The number of methoxy groups -OCH3 is 2. The first kappa shape index (κ1) is 19.7. The fourth-order valence-electron chi connectivity index (χ4n) is 5.96. The van der Waals surface area contributed by atoms with Gasteiger partial charge in [-0.2, -0.15) is 5.10 Å². The van der Waals surface area contributed by atoms with E-state index in [-0.39, 0.29) is 23.8 Å². The Morgan fingerprint density at radius 1 is 1.10 bits per heavy atom. The van der Waals surface area contributed by atoms with Crippen LogP contribution in [-0.4, -0.2) is 38.8 Å². The first-order valence-electron chi connectivity index (χ1n) is 10.3. The van der Waals surface area contributed by atoms with E-state index in [1.54, 1.807) is 20.3 Å². The minimum absolute atomic E-state index is 0.0465. The molecule has 7 nitrogen and oxygen atoms in total. The van der Waals surface area contributed by atoms with Gasteiger partial charge in [-0.3, -0.25) is 9.59 Å². The van der Waals surface area contributed by atoms with Crippen LogP contribution in [0.15, 0.2) is 23.3 Å². The molecule has 0 aliphatic heterocycles. The molecule has 0 aromatic heterocycles. The predicted octanol–water partition coefficient (Wildman–Crippen LogP) is 2.49. The largest absolute Gasteiger partial charge is 0.493 e. The minimum Gasteiger partial charge on any atom is -0.493 e. The summed E-state index contributed by atoms with van der Waals surface area (Å²) < 4.78 is 10.6. The fraction of sp³-hybridized carbons (Fsp3) is 0.591. The van der Waals surface area contributed by atoms with Crippen LogP contribution in [0.2, 0.25) is 0 Å². The van der Waals surface area contributed by atoms with Crippen LogP contribution in [0.3, 0.4) is 0 Å². The Kier molecular flexibility index (Phi) is 5.48. The molecular weight excluding hydrogens is 370 g/mol. The van der Waals surface area contributed by atoms with Crippen molar-refractivity contribution in [3.05, 3.63) is 23.8 Å². The van der Waals surface area contributed by atoms with E-state index in [2.05, 4.69) is 15.8 Å². The second-order valence-electron chi connectivity index (χ2n) is 8.76. The molecule has 1 aromatic carbocycles. The second kappa shape index (κ2) is 8.05. The summed E-state index contributed by atoms with van der Waals surface area (Å²) in [5.74, 6) is 2.93. The number of nitrogens with zero attached hydrogens (tertiary/aromatic N) is 1. The molecule has 4 fully saturated rings. The van der Waals surface area contributed by atoms with Gasteiger partial charge in [-0.25, -0.2) is 5.43 Å². The molecule has 0 spiro atoms. The standard InChI is InChI=1S/C22H29N3O4/c1-28-18-5-3-4-17(20(18)29-2)12-24-25-19(26)13-23-21(27)22-9-14-6-15(10-22)8-16(7-14)11-22/h3-5,12,14-16H,6-11,13H2,1-2H3,(H,23,27)(H,25,26). The van der Waals surface area contributed by atoms with Gasteiger partial charge >= 0.3 is 0 Å². The van der Waals surface area contributed by atoms with Crippen molar-refractivity contribution in [1.29, 1.82) is 0 Å². The molecule has 0 saturated heterocycles. The van der Waals surface area contributed by atoms with Crippen LogP contribution in [0.1, 0.15) is 44.1 Å². The Bertz CT molecular complexity index is 785. The van der Waals surface area contributed by atoms with Gasteiger partial charge in [0.25, 0.3) is 5.91 Å². The highest BCUT2D eigenvalue weighted by Crippen LogP contribution is 2.60. The van der Waals surface area contributed by atoms with Gasteiger partial charge in [-0.15, -0.1) is 0 Å². The maximum atomic E-state index is 12.9. The molecule has 5 rings (SSSR count). The van der Waals surface area contributed by atoms with Crippen LogP contribution in [0.5, 0.6) is 11.5 Å². The van der Waals surface area contributed by atoms with Crippen LogP contribution in [0.4, 0.5) is 0 Å². The molecule has 156 valence electrons. The molecule has 0 radical (unpaired) electrons. The van der Waals surface area contributed by atoms with Crippen LogP contribution in [0.25, 0.3) is 0 Å².